The normalized spacial score (nSPS) is 14.1. The summed E-state index contributed by atoms with van der Waals surface area (Å²) >= 11 is 0. The number of nitrogens with zero attached hydrogens (tertiary/aromatic N) is 4. The molecule has 0 aliphatic carbocycles. The van der Waals surface area contributed by atoms with Gasteiger partial charge in [0.25, 0.3) is 5.91 Å². The molecule has 4 rings (SSSR count). The lowest BCUT2D eigenvalue weighted by molar-refractivity contribution is 0.102. The van der Waals surface area contributed by atoms with Gasteiger partial charge in [-0.2, -0.15) is 5.10 Å². The Labute approximate surface area is 173 Å². The molecule has 1 aromatic carbocycles. The zero-order valence-electron chi connectivity index (χ0n) is 17.0. The second-order valence-electron chi connectivity index (χ2n) is 7.46. The third-order valence-electron chi connectivity index (χ3n) is 5.34. The first-order valence-electron chi connectivity index (χ1n) is 9.98. The van der Waals surface area contributed by atoms with Crippen LogP contribution in [0.5, 0.6) is 0 Å². The molecule has 1 aliphatic rings. The third kappa shape index (κ3) is 3.90. The molecule has 0 radical (unpaired) electrons. The van der Waals surface area contributed by atoms with Crippen LogP contribution in [0.1, 0.15) is 41.0 Å². The number of halogens is 2. The maximum absolute atomic E-state index is 14.2. The highest BCUT2D eigenvalue weighted by atomic mass is 19.1. The van der Waals surface area contributed by atoms with Gasteiger partial charge in [-0.1, -0.05) is 0 Å². The molecular weight excluding hydrogens is 388 g/mol. The molecule has 0 atom stereocenters. The van der Waals surface area contributed by atoms with Crippen molar-refractivity contribution in [3.63, 3.8) is 0 Å². The average Bonchev–Trinajstić information content (AvgIpc) is 3.03. The zero-order chi connectivity index (χ0) is 21.3. The smallest absolute Gasteiger partial charge is 0.259 e. The summed E-state index contributed by atoms with van der Waals surface area (Å²) in [4.78, 5) is 19.6. The second-order valence-corrected chi connectivity index (χ2v) is 7.46. The Morgan fingerprint density at radius 2 is 1.83 bits per heavy atom. The molecule has 1 fully saturated rings. The minimum Gasteiger partial charge on any atom is -0.357 e. The van der Waals surface area contributed by atoms with Gasteiger partial charge in [-0.15, -0.1) is 0 Å². The number of amides is 1. The molecule has 6 nitrogen and oxygen atoms in total. The Morgan fingerprint density at radius 3 is 2.50 bits per heavy atom. The predicted molar refractivity (Wildman–Crippen MR) is 111 cm³/mol. The number of nitrogens with one attached hydrogen (secondary N) is 1. The first kappa shape index (κ1) is 20.0. The second kappa shape index (κ2) is 8.22. The van der Waals surface area contributed by atoms with Gasteiger partial charge >= 0.3 is 0 Å². The minimum atomic E-state index is -0.745. The van der Waals surface area contributed by atoms with Crippen molar-refractivity contribution in [2.75, 3.05) is 23.3 Å². The van der Waals surface area contributed by atoms with Crippen molar-refractivity contribution in [1.29, 1.82) is 0 Å². The highest BCUT2D eigenvalue weighted by Gasteiger charge is 2.21. The topological polar surface area (TPSA) is 63.1 Å². The predicted octanol–water partition coefficient (Wildman–Crippen LogP) is 4.40. The van der Waals surface area contributed by atoms with Gasteiger partial charge in [-0.25, -0.2) is 18.4 Å². The maximum Gasteiger partial charge on any atom is 0.259 e. The number of hydrogen-bond donors (Lipinski definition) is 1. The van der Waals surface area contributed by atoms with Crippen LogP contribution in [0.3, 0.4) is 0 Å². The van der Waals surface area contributed by atoms with Crippen LogP contribution in [-0.2, 0) is 0 Å². The van der Waals surface area contributed by atoms with E-state index in [1.54, 1.807) is 20.0 Å². The number of piperidine rings is 1. The number of carbonyl (C=O) groups excluding carboxylic acids is 1. The molecule has 156 valence electrons. The summed E-state index contributed by atoms with van der Waals surface area (Å²) in [5.74, 6) is -0.868. The number of benzene rings is 1. The molecule has 0 unspecified atom stereocenters. The van der Waals surface area contributed by atoms with Crippen molar-refractivity contribution in [1.82, 2.24) is 14.8 Å². The highest BCUT2D eigenvalue weighted by molar-refractivity contribution is 6.05. The number of pyridine rings is 1. The molecule has 1 N–H and O–H groups in total. The lowest BCUT2D eigenvalue weighted by Crippen LogP contribution is -2.30. The lowest BCUT2D eigenvalue weighted by Gasteiger charge is -2.27. The van der Waals surface area contributed by atoms with Crippen molar-refractivity contribution in [2.45, 2.75) is 33.1 Å². The molecule has 0 bridgehead atoms. The van der Waals surface area contributed by atoms with Crippen LogP contribution in [-0.4, -0.2) is 33.8 Å². The van der Waals surface area contributed by atoms with Gasteiger partial charge in [0.15, 0.2) is 5.82 Å². The van der Waals surface area contributed by atoms with Gasteiger partial charge < -0.3 is 10.2 Å². The van der Waals surface area contributed by atoms with E-state index in [0.29, 0.717) is 22.6 Å². The first-order valence-corrected chi connectivity index (χ1v) is 9.98. The quantitative estimate of drug-likeness (QED) is 0.691. The molecule has 3 heterocycles. The lowest BCUT2D eigenvalue weighted by atomic mass is 10.1. The molecule has 2 aromatic heterocycles. The van der Waals surface area contributed by atoms with E-state index in [1.165, 1.54) is 17.2 Å². The van der Waals surface area contributed by atoms with Crippen LogP contribution >= 0.6 is 0 Å². The monoisotopic (exact) mass is 411 g/mol. The van der Waals surface area contributed by atoms with Crippen molar-refractivity contribution in [3.05, 3.63) is 65.1 Å². The van der Waals surface area contributed by atoms with Crippen LogP contribution in [0, 0.1) is 25.5 Å². The Balaban J connectivity index is 1.54. The van der Waals surface area contributed by atoms with Crippen LogP contribution in [0.15, 0.2) is 36.5 Å². The van der Waals surface area contributed by atoms with Crippen LogP contribution in [0.25, 0.3) is 5.69 Å². The van der Waals surface area contributed by atoms with E-state index < -0.39 is 11.6 Å². The summed E-state index contributed by atoms with van der Waals surface area (Å²) in [6.07, 6.45) is 5.21. The third-order valence-corrected chi connectivity index (χ3v) is 5.34. The Hall–Kier alpha value is -3.29. The van der Waals surface area contributed by atoms with E-state index in [0.717, 1.165) is 43.9 Å². The molecule has 8 heteroatoms. The Bertz CT molecular complexity index is 1070. The fraction of sp³-hybridized carbons (Fsp3) is 0.318. The van der Waals surface area contributed by atoms with E-state index >= 15 is 0 Å². The van der Waals surface area contributed by atoms with E-state index in [2.05, 4.69) is 20.3 Å². The number of hydrogen-bond acceptors (Lipinski definition) is 4. The molecule has 1 amide bonds. The van der Waals surface area contributed by atoms with Crippen molar-refractivity contribution in [3.8, 4) is 5.69 Å². The molecule has 0 spiro atoms. The molecule has 3 aromatic rings. The summed E-state index contributed by atoms with van der Waals surface area (Å²) < 4.78 is 28.7. The SMILES string of the molecule is Cc1nn(-c2ccc(F)cc2F)c(C)c1C(=O)Nc1ccc(N2CCCCC2)nc1. The number of rotatable bonds is 4. The van der Waals surface area contributed by atoms with Gasteiger partial charge in [0, 0.05) is 19.2 Å². The molecular formula is C22H23F2N5O. The summed E-state index contributed by atoms with van der Waals surface area (Å²) in [5, 5.41) is 7.11. The number of carbonyl (C=O) groups is 1. The number of aromatic nitrogens is 3. The number of aryl methyl sites for hydroxylation is 1. The van der Waals surface area contributed by atoms with Crippen LogP contribution in [0.4, 0.5) is 20.3 Å². The standard InChI is InChI=1S/C22H23F2N5O/c1-14-21(15(2)29(27-14)19-8-6-16(23)12-18(19)24)22(30)26-17-7-9-20(25-13-17)28-10-4-3-5-11-28/h6-9,12-13H,3-5,10-11H2,1-2H3,(H,26,30). The van der Waals surface area contributed by atoms with Gasteiger partial charge in [0.05, 0.1) is 28.8 Å². The van der Waals surface area contributed by atoms with E-state index in [9.17, 15) is 13.6 Å². The van der Waals surface area contributed by atoms with Crippen molar-refractivity contribution >= 4 is 17.4 Å². The molecule has 30 heavy (non-hydrogen) atoms. The van der Waals surface area contributed by atoms with Crippen molar-refractivity contribution in [2.24, 2.45) is 0 Å². The van der Waals surface area contributed by atoms with E-state index in [1.807, 2.05) is 12.1 Å². The summed E-state index contributed by atoms with van der Waals surface area (Å²) in [7, 11) is 0. The van der Waals surface area contributed by atoms with Crippen LogP contribution in [0.2, 0.25) is 0 Å². The first-order chi connectivity index (χ1) is 14.4. The van der Waals surface area contributed by atoms with Gasteiger partial charge in [-0.05, 0) is 57.4 Å². The van der Waals surface area contributed by atoms with Crippen LogP contribution < -0.4 is 10.2 Å². The largest absolute Gasteiger partial charge is 0.357 e. The fourth-order valence-electron chi connectivity index (χ4n) is 3.82. The van der Waals surface area contributed by atoms with Gasteiger partial charge in [0.2, 0.25) is 0 Å². The zero-order valence-corrected chi connectivity index (χ0v) is 17.0. The van der Waals surface area contributed by atoms with E-state index in [-0.39, 0.29) is 11.6 Å². The van der Waals surface area contributed by atoms with Gasteiger partial charge in [-0.3, -0.25) is 4.79 Å². The fourth-order valence-corrected chi connectivity index (χ4v) is 3.82. The highest BCUT2D eigenvalue weighted by Crippen LogP contribution is 2.23. The maximum atomic E-state index is 14.2. The molecule has 0 saturated carbocycles. The average molecular weight is 411 g/mol. The number of anilines is 2. The Kier molecular flexibility index (Phi) is 5.48. The van der Waals surface area contributed by atoms with Crippen molar-refractivity contribution < 1.29 is 13.6 Å². The van der Waals surface area contributed by atoms with Gasteiger partial charge in [0.1, 0.15) is 17.3 Å². The summed E-state index contributed by atoms with van der Waals surface area (Å²) in [6, 6.07) is 6.97. The summed E-state index contributed by atoms with van der Waals surface area (Å²) in [6.45, 7) is 5.35. The molecule has 1 aliphatic heterocycles. The Morgan fingerprint density at radius 1 is 1.07 bits per heavy atom. The molecule has 1 saturated heterocycles. The van der Waals surface area contributed by atoms with E-state index in [4.69, 9.17) is 0 Å². The minimum absolute atomic E-state index is 0.0867. The summed E-state index contributed by atoms with van der Waals surface area (Å²) in [5.41, 5.74) is 1.92.